The second-order valence-corrected chi connectivity index (χ2v) is 7.37. The summed E-state index contributed by atoms with van der Waals surface area (Å²) in [6.45, 7) is 3.67. The molecule has 0 fully saturated rings. The molecule has 0 spiro atoms. The number of methoxy groups -OCH3 is 1. The molecule has 0 aliphatic carbocycles. The van der Waals surface area contributed by atoms with Gasteiger partial charge in [-0.1, -0.05) is 26.0 Å². The van der Waals surface area contributed by atoms with Crippen molar-refractivity contribution in [1.29, 1.82) is 0 Å². The fraction of sp³-hybridized carbons (Fsp3) is 0.294. The van der Waals surface area contributed by atoms with E-state index in [0.29, 0.717) is 17.4 Å². The molecule has 2 rings (SSSR count). The van der Waals surface area contributed by atoms with E-state index in [2.05, 4.69) is 4.72 Å². The number of ether oxygens (including phenoxy) is 1. The van der Waals surface area contributed by atoms with Gasteiger partial charge in [0, 0.05) is 6.04 Å². The van der Waals surface area contributed by atoms with Crippen molar-refractivity contribution < 1.29 is 21.9 Å². The molecule has 2 aromatic rings. The van der Waals surface area contributed by atoms with Gasteiger partial charge in [-0.25, -0.2) is 21.9 Å². The zero-order valence-electron chi connectivity index (χ0n) is 13.6. The summed E-state index contributed by atoms with van der Waals surface area (Å²) in [6.07, 6.45) is 0. The maximum atomic E-state index is 13.8. The van der Waals surface area contributed by atoms with Crippen molar-refractivity contribution in [3.8, 4) is 5.75 Å². The lowest BCUT2D eigenvalue weighted by Gasteiger charge is -2.23. The lowest BCUT2D eigenvalue weighted by atomic mass is 9.97. The molecule has 130 valence electrons. The SMILES string of the molecule is COc1ccc(C(NS(=O)(=O)c2cc(F)ccc2F)C(C)C)cc1. The van der Waals surface area contributed by atoms with Crippen molar-refractivity contribution in [2.24, 2.45) is 5.92 Å². The molecule has 0 saturated heterocycles. The van der Waals surface area contributed by atoms with Crippen LogP contribution in [-0.2, 0) is 10.0 Å². The first-order valence-electron chi connectivity index (χ1n) is 7.36. The fourth-order valence-electron chi connectivity index (χ4n) is 2.31. The van der Waals surface area contributed by atoms with Gasteiger partial charge in [-0.2, -0.15) is 0 Å². The monoisotopic (exact) mass is 355 g/mol. The maximum absolute atomic E-state index is 13.8. The molecule has 0 bridgehead atoms. The molecule has 2 aromatic carbocycles. The molecule has 0 aliphatic rings. The second kappa shape index (κ2) is 7.27. The standard InChI is InChI=1S/C17H19F2NO3S/c1-11(2)17(12-4-7-14(23-3)8-5-12)20-24(21,22)16-10-13(18)6-9-15(16)19/h4-11,17,20H,1-3H3. The molecule has 7 heteroatoms. The molecule has 1 atom stereocenters. The Hall–Kier alpha value is -1.99. The first-order valence-corrected chi connectivity index (χ1v) is 8.84. The smallest absolute Gasteiger partial charge is 0.244 e. The zero-order valence-corrected chi connectivity index (χ0v) is 14.4. The fourth-order valence-corrected chi connectivity index (χ4v) is 3.78. The quantitative estimate of drug-likeness (QED) is 0.861. The minimum absolute atomic E-state index is 0.107. The van der Waals surface area contributed by atoms with Crippen LogP contribution in [0.15, 0.2) is 47.4 Å². The van der Waals surface area contributed by atoms with Gasteiger partial charge in [-0.15, -0.1) is 0 Å². The van der Waals surface area contributed by atoms with Crippen LogP contribution >= 0.6 is 0 Å². The average Bonchev–Trinajstić information content (AvgIpc) is 2.54. The van der Waals surface area contributed by atoms with Crippen LogP contribution in [0.2, 0.25) is 0 Å². The number of halogens is 2. The van der Waals surface area contributed by atoms with Crippen LogP contribution < -0.4 is 9.46 Å². The average molecular weight is 355 g/mol. The molecular weight excluding hydrogens is 336 g/mol. The van der Waals surface area contributed by atoms with E-state index in [4.69, 9.17) is 4.74 Å². The topological polar surface area (TPSA) is 55.4 Å². The Morgan fingerprint density at radius 1 is 1.04 bits per heavy atom. The van der Waals surface area contributed by atoms with Crippen LogP contribution in [-0.4, -0.2) is 15.5 Å². The van der Waals surface area contributed by atoms with Crippen LogP contribution in [0.25, 0.3) is 0 Å². The summed E-state index contributed by atoms with van der Waals surface area (Å²) in [5.74, 6) is -1.28. The third kappa shape index (κ3) is 4.10. The van der Waals surface area contributed by atoms with Crippen LogP contribution in [0.4, 0.5) is 8.78 Å². The molecule has 4 nitrogen and oxygen atoms in total. The van der Waals surface area contributed by atoms with Gasteiger partial charge in [0.25, 0.3) is 0 Å². The highest BCUT2D eigenvalue weighted by Crippen LogP contribution is 2.27. The Labute approximate surface area is 140 Å². The largest absolute Gasteiger partial charge is 0.497 e. The summed E-state index contributed by atoms with van der Waals surface area (Å²) >= 11 is 0. The molecule has 0 aromatic heterocycles. The lowest BCUT2D eigenvalue weighted by Crippen LogP contribution is -2.32. The predicted molar refractivity (Wildman–Crippen MR) is 87.3 cm³/mol. The molecule has 1 unspecified atom stereocenters. The minimum Gasteiger partial charge on any atom is -0.497 e. The van der Waals surface area contributed by atoms with E-state index in [9.17, 15) is 17.2 Å². The Bertz CT molecular complexity index is 805. The summed E-state index contributed by atoms with van der Waals surface area (Å²) in [5.41, 5.74) is 0.700. The third-order valence-electron chi connectivity index (χ3n) is 3.61. The van der Waals surface area contributed by atoms with Gasteiger partial charge in [-0.3, -0.25) is 0 Å². The number of nitrogens with one attached hydrogen (secondary N) is 1. The third-order valence-corrected chi connectivity index (χ3v) is 5.06. The summed E-state index contributed by atoms with van der Waals surface area (Å²) in [6, 6.07) is 8.62. The maximum Gasteiger partial charge on any atom is 0.244 e. The molecule has 1 N–H and O–H groups in total. The van der Waals surface area contributed by atoms with Crippen molar-refractivity contribution in [2.45, 2.75) is 24.8 Å². The highest BCUT2D eigenvalue weighted by molar-refractivity contribution is 7.89. The molecule has 0 saturated carbocycles. The van der Waals surface area contributed by atoms with E-state index in [1.807, 2.05) is 13.8 Å². The first kappa shape index (κ1) is 18.4. The Kier molecular flexibility index (Phi) is 5.56. The Morgan fingerprint density at radius 3 is 2.21 bits per heavy atom. The van der Waals surface area contributed by atoms with Crippen molar-refractivity contribution in [3.05, 3.63) is 59.7 Å². The van der Waals surface area contributed by atoms with Gasteiger partial charge in [-0.05, 0) is 41.8 Å². The van der Waals surface area contributed by atoms with E-state index in [1.165, 1.54) is 7.11 Å². The molecular formula is C17H19F2NO3S. The van der Waals surface area contributed by atoms with Crippen molar-refractivity contribution in [1.82, 2.24) is 4.72 Å². The lowest BCUT2D eigenvalue weighted by molar-refractivity contribution is 0.413. The highest BCUT2D eigenvalue weighted by atomic mass is 32.2. The van der Waals surface area contributed by atoms with Gasteiger partial charge in [0.05, 0.1) is 7.11 Å². The number of hydrogen-bond acceptors (Lipinski definition) is 3. The van der Waals surface area contributed by atoms with Gasteiger partial charge < -0.3 is 4.74 Å². The van der Waals surface area contributed by atoms with Crippen molar-refractivity contribution in [2.75, 3.05) is 7.11 Å². The molecule has 0 radical (unpaired) electrons. The summed E-state index contributed by atoms with van der Waals surface area (Å²) in [4.78, 5) is -0.707. The minimum atomic E-state index is -4.22. The number of benzene rings is 2. The number of rotatable bonds is 6. The van der Waals surface area contributed by atoms with Crippen LogP contribution in [0.1, 0.15) is 25.5 Å². The predicted octanol–water partition coefficient (Wildman–Crippen LogP) is 3.65. The second-order valence-electron chi connectivity index (χ2n) is 5.69. The van der Waals surface area contributed by atoms with Crippen LogP contribution in [0.3, 0.4) is 0 Å². The van der Waals surface area contributed by atoms with Crippen molar-refractivity contribution in [3.63, 3.8) is 0 Å². The van der Waals surface area contributed by atoms with E-state index in [1.54, 1.807) is 24.3 Å². The summed E-state index contributed by atoms with van der Waals surface area (Å²) in [7, 11) is -2.69. The summed E-state index contributed by atoms with van der Waals surface area (Å²) in [5, 5.41) is 0. The molecule has 24 heavy (non-hydrogen) atoms. The summed E-state index contributed by atoms with van der Waals surface area (Å²) < 4.78 is 59.6. The van der Waals surface area contributed by atoms with E-state index >= 15 is 0 Å². The van der Waals surface area contributed by atoms with E-state index in [-0.39, 0.29) is 5.92 Å². The van der Waals surface area contributed by atoms with E-state index in [0.717, 1.165) is 12.1 Å². The van der Waals surface area contributed by atoms with Gasteiger partial charge >= 0.3 is 0 Å². The first-order chi connectivity index (χ1) is 11.2. The van der Waals surface area contributed by atoms with E-state index < -0.39 is 32.6 Å². The number of hydrogen-bond donors (Lipinski definition) is 1. The highest BCUT2D eigenvalue weighted by Gasteiger charge is 2.26. The Morgan fingerprint density at radius 2 is 1.67 bits per heavy atom. The van der Waals surface area contributed by atoms with Gasteiger partial charge in [0.2, 0.25) is 10.0 Å². The number of sulfonamides is 1. The van der Waals surface area contributed by atoms with Crippen LogP contribution in [0, 0.1) is 17.6 Å². The Balaban J connectivity index is 2.37. The van der Waals surface area contributed by atoms with Gasteiger partial charge in [0.1, 0.15) is 22.3 Å². The molecule has 0 aliphatic heterocycles. The zero-order chi connectivity index (χ0) is 17.9. The van der Waals surface area contributed by atoms with Crippen LogP contribution in [0.5, 0.6) is 5.75 Å². The normalized spacial score (nSPS) is 13.1. The van der Waals surface area contributed by atoms with Crippen molar-refractivity contribution >= 4 is 10.0 Å². The molecule has 0 amide bonds. The molecule has 0 heterocycles. The van der Waals surface area contributed by atoms with Gasteiger partial charge in [0.15, 0.2) is 0 Å².